The van der Waals surface area contributed by atoms with E-state index in [-0.39, 0.29) is 6.42 Å². The molecule has 0 saturated heterocycles. The van der Waals surface area contributed by atoms with Gasteiger partial charge in [-0.1, -0.05) is 6.92 Å². The molecule has 1 unspecified atom stereocenters. The maximum absolute atomic E-state index is 13.1. The van der Waals surface area contributed by atoms with Crippen LogP contribution in [0.2, 0.25) is 0 Å². The summed E-state index contributed by atoms with van der Waals surface area (Å²) < 4.78 is 41.8. The zero-order chi connectivity index (χ0) is 21.6. The van der Waals surface area contributed by atoms with E-state index in [1.54, 1.807) is 49.4 Å². The number of amides is 1. The molecule has 0 spiro atoms. The number of rotatable bonds is 9. The Kier molecular flexibility index (Phi) is 7.33. The van der Waals surface area contributed by atoms with E-state index < -0.39 is 22.0 Å². The second kappa shape index (κ2) is 9.51. The monoisotopic (exact) mass is 422 g/mol. The zero-order valence-corrected chi connectivity index (χ0v) is 17.9. The van der Waals surface area contributed by atoms with Crippen molar-refractivity contribution in [1.82, 2.24) is 0 Å². The predicted octanol–water partition coefficient (Wildman–Crippen LogP) is 2.90. The molecular weight excluding hydrogens is 396 g/mol. The van der Waals surface area contributed by atoms with Crippen LogP contribution in [0.3, 0.4) is 0 Å². The van der Waals surface area contributed by atoms with Gasteiger partial charge in [-0.05, 0) is 42.8 Å². The molecule has 0 aromatic heterocycles. The highest BCUT2D eigenvalue weighted by Gasteiger charge is 2.32. The smallest absolute Gasteiger partial charge is 0.248 e. The summed E-state index contributed by atoms with van der Waals surface area (Å²) in [7, 11) is 0.774. The van der Waals surface area contributed by atoms with Crippen LogP contribution in [-0.2, 0) is 14.8 Å². The van der Waals surface area contributed by atoms with E-state index in [9.17, 15) is 13.2 Å². The molecule has 158 valence electrons. The Labute approximate surface area is 171 Å². The Morgan fingerprint density at radius 3 is 2.07 bits per heavy atom. The number of carbonyl (C=O) groups is 1. The summed E-state index contributed by atoms with van der Waals surface area (Å²) in [5, 5.41) is 2.76. The lowest BCUT2D eigenvalue weighted by atomic mass is 10.1. The highest BCUT2D eigenvalue weighted by Crippen LogP contribution is 2.30. The van der Waals surface area contributed by atoms with Crippen molar-refractivity contribution in [3.63, 3.8) is 0 Å². The molecule has 29 heavy (non-hydrogen) atoms. The minimum absolute atomic E-state index is 0.261. The first-order valence-electron chi connectivity index (χ1n) is 8.91. The van der Waals surface area contributed by atoms with Crippen LogP contribution >= 0.6 is 0 Å². The molecule has 0 aliphatic heterocycles. The van der Waals surface area contributed by atoms with Crippen molar-refractivity contribution in [2.24, 2.45) is 0 Å². The number of ether oxygens (including phenoxy) is 3. The van der Waals surface area contributed by atoms with Crippen molar-refractivity contribution >= 4 is 27.3 Å². The highest BCUT2D eigenvalue weighted by atomic mass is 32.2. The molecule has 0 fully saturated rings. The molecule has 0 heterocycles. The molecular formula is C20H26N2O6S. The molecule has 0 saturated carbocycles. The molecule has 0 bridgehead atoms. The van der Waals surface area contributed by atoms with Crippen molar-refractivity contribution in [1.29, 1.82) is 0 Å². The third kappa shape index (κ3) is 5.32. The van der Waals surface area contributed by atoms with Gasteiger partial charge in [-0.2, -0.15) is 0 Å². The van der Waals surface area contributed by atoms with Crippen LogP contribution in [0.15, 0.2) is 42.5 Å². The van der Waals surface area contributed by atoms with Gasteiger partial charge in [-0.15, -0.1) is 0 Å². The number of carbonyl (C=O) groups excluding carboxylic acids is 1. The van der Waals surface area contributed by atoms with Crippen LogP contribution in [0, 0.1) is 0 Å². The van der Waals surface area contributed by atoms with E-state index in [1.165, 1.54) is 21.3 Å². The predicted molar refractivity (Wildman–Crippen MR) is 113 cm³/mol. The molecule has 8 nitrogen and oxygen atoms in total. The summed E-state index contributed by atoms with van der Waals surface area (Å²) in [5.74, 6) is 1.06. The molecule has 1 atom stereocenters. The summed E-state index contributed by atoms with van der Waals surface area (Å²) in [6.45, 7) is 1.74. The Morgan fingerprint density at radius 2 is 1.59 bits per heavy atom. The molecule has 2 aromatic rings. The zero-order valence-electron chi connectivity index (χ0n) is 17.1. The fourth-order valence-corrected chi connectivity index (χ4v) is 4.13. The van der Waals surface area contributed by atoms with E-state index in [4.69, 9.17) is 14.2 Å². The van der Waals surface area contributed by atoms with E-state index in [1.807, 2.05) is 0 Å². The van der Waals surface area contributed by atoms with Gasteiger partial charge in [0.25, 0.3) is 0 Å². The summed E-state index contributed by atoms with van der Waals surface area (Å²) >= 11 is 0. The van der Waals surface area contributed by atoms with E-state index in [0.29, 0.717) is 28.6 Å². The Balaban J connectivity index is 2.41. The normalized spacial score (nSPS) is 12.0. The SMILES string of the molecule is CCC(C(=O)Nc1cc(OC)ccc1OC)N(c1ccc(OC)cc1)S(C)(=O)=O. The molecule has 9 heteroatoms. The van der Waals surface area contributed by atoms with Gasteiger partial charge in [-0.25, -0.2) is 8.42 Å². The standard InChI is InChI=1S/C20H26N2O6S/c1-6-18(20(23)21-17-13-16(27-3)11-12-19(17)28-4)22(29(5,24)25)14-7-9-15(26-2)10-8-14/h7-13,18H,6H2,1-5H3,(H,21,23). The average molecular weight is 423 g/mol. The van der Waals surface area contributed by atoms with Crippen LogP contribution in [-0.4, -0.2) is 48.0 Å². The van der Waals surface area contributed by atoms with Gasteiger partial charge in [-0.3, -0.25) is 9.10 Å². The van der Waals surface area contributed by atoms with Crippen LogP contribution in [0.25, 0.3) is 0 Å². The number of hydrogen-bond donors (Lipinski definition) is 1. The Bertz CT molecular complexity index is 944. The maximum Gasteiger partial charge on any atom is 0.248 e. The lowest BCUT2D eigenvalue weighted by Crippen LogP contribution is -2.47. The van der Waals surface area contributed by atoms with Crippen LogP contribution in [0.1, 0.15) is 13.3 Å². The summed E-state index contributed by atoms with van der Waals surface area (Å²) in [4.78, 5) is 13.1. The minimum atomic E-state index is -3.74. The maximum atomic E-state index is 13.1. The molecule has 0 aliphatic carbocycles. The van der Waals surface area contributed by atoms with Gasteiger partial charge in [0.2, 0.25) is 15.9 Å². The van der Waals surface area contributed by atoms with Crippen LogP contribution in [0.5, 0.6) is 17.2 Å². The third-order valence-corrected chi connectivity index (χ3v) is 5.50. The molecule has 2 rings (SSSR count). The summed E-state index contributed by atoms with van der Waals surface area (Å²) in [5.41, 5.74) is 0.756. The minimum Gasteiger partial charge on any atom is -0.497 e. The number of anilines is 2. The lowest BCUT2D eigenvalue weighted by molar-refractivity contribution is -0.117. The molecule has 2 aromatic carbocycles. The van der Waals surface area contributed by atoms with Crippen LogP contribution in [0.4, 0.5) is 11.4 Å². The Hall–Kier alpha value is -2.94. The number of sulfonamides is 1. The first kappa shape index (κ1) is 22.4. The number of nitrogens with one attached hydrogen (secondary N) is 1. The quantitative estimate of drug-likeness (QED) is 0.668. The third-order valence-electron chi connectivity index (χ3n) is 4.32. The summed E-state index contributed by atoms with van der Waals surface area (Å²) in [6.07, 6.45) is 1.33. The number of nitrogens with zero attached hydrogens (tertiary/aromatic N) is 1. The van der Waals surface area contributed by atoms with Gasteiger partial charge in [0.15, 0.2) is 0 Å². The van der Waals surface area contributed by atoms with E-state index in [2.05, 4.69) is 5.32 Å². The van der Waals surface area contributed by atoms with E-state index in [0.717, 1.165) is 10.6 Å². The van der Waals surface area contributed by atoms with Crippen molar-refractivity contribution in [3.8, 4) is 17.2 Å². The van der Waals surface area contributed by atoms with Crippen LogP contribution < -0.4 is 23.8 Å². The first-order valence-corrected chi connectivity index (χ1v) is 10.8. The fourth-order valence-electron chi connectivity index (χ4n) is 2.92. The number of benzene rings is 2. The first-order chi connectivity index (χ1) is 13.7. The van der Waals surface area contributed by atoms with Crippen molar-refractivity contribution < 1.29 is 27.4 Å². The molecule has 0 aliphatic rings. The van der Waals surface area contributed by atoms with Crippen molar-refractivity contribution in [2.45, 2.75) is 19.4 Å². The largest absolute Gasteiger partial charge is 0.497 e. The second-order valence-corrected chi connectivity index (χ2v) is 8.10. The second-order valence-electron chi connectivity index (χ2n) is 6.24. The molecule has 1 amide bonds. The summed E-state index contributed by atoms with van der Waals surface area (Å²) in [6, 6.07) is 10.5. The fraction of sp³-hybridized carbons (Fsp3) is 0.350. The van der Waals surface area contributed by atoms with Gasteiger partial charge >= 0.3 is 0 Å². The number of methoxy groups -OCH3 is 3. The van der Waals surface area contributed by atoms with Gasteiger partial charge in [0.05, 0.1) is 39.0 Å². The lowest BCUT2D eigenvalue weighted by Gasteiger charge is -2.30. The average Bonchev–Trinajstić information content (AvgIpc) is 2.70. The van der Waals surface area contributed by atoms with Crippen molar-refractivity contribution in [2.75, 3.05) is 37.2 Å². The van der Waals surface area contributed by atoms with Crippen molar-refractivity contribution in [3.05, 3.63) is 42.5 Å². The Morgan fingerprint density at radius 1 is 1.00 bits per heavy atom. The molecule has 0 radical (unpaired) electrons. The molecule has 1 N–H and O–H groups in total. The van der Waals surface area contributed by atoms with Gasteiger partial charge in [0, 0.05) is 6.07 Å². The van der Waals surface area contributed by atoms with Gasteiger partial charge in [0.1, 0.15) is 23.3 Å². The topological polar surface area (TPSA) is 94.2 Å². The van der Waals surface area contributed by atoms with Gasteiger partial charge < -0.3 is 19.5 Å². The number of hydrogen-bond acceptors (Lipinski definition) is 6. The highest BCUT2D eigenvalue weighted by molar-refractivity contribution is 7.92. The van der Waals surface area contributed by atoms with E-state index >= 15 is 0 Å².